The third-order valence-electron chi connectivity index (χ3n) is 7.85. The molecule has 188 valence electrons. The molecule has 0 N–H and O–H groups in total. The van der Waals surface area contributed by atoms with E-state index in [0.717, 1.165) is 63.7 Å². The van der Waals surface area contributed by atoms with E-state index >= 15 is 0 Å². The Morgan fingerprint density at radius 1 is 1.00 bits per heavy atom. The van der Waals surface area contributed by atoms with Crippen LogP contribution in [0.3, 0.4) is 0 Å². The lowest BCUT2D eigenvalue weighted by Crippen LogP contribution is -2.53. The quantitative estimate of drug-likeness (QED) is 0.596. The second kappa shape index (κ2) is 9.29. The Morgan fingerprint density at radius 3 is 2.40 bits per heavy atom. The van der Waals surface area contributed by atoms with Crippen molar-refractivity contribution >= 4 is 18.0 Å². The fraction of sp³-hybridized carbons (Fsp3) is 0.560. The molecule has 5 rings (SSSR count). The maximum atomic E-state index is 13.4. The van der Waals surface area contributed by atoms with Crippen molar-refractivity contribution in [3.05, 3.63) is 47.3 Å². The highest BCUT2D eigenvalue weighted by molar-refractivity contribution is 5.78. The zero-order valence-electron chi connectivity index (χ0n) is 19.6. The van der Waals surface area contributed by atoms with Crippen LogP contribution in [0, 0.1) is 0 Å². The van der Waals surface area contributed by atoms with Crippen molar-refractivity contribution in [3.8, 4) is 0 Å². The van der Waals surface area contributed by atoms with E-state index in [0.29, 0.717) is 31.6 Å². The van der Waals surface area contributed by atoms with Crippen LogP contribution in [0.1, 0.15) is 60.1 Å². The number of carbonyl (C=O) groups excluding carboxylic acids is 2. The van der Waals surface area contributed by atoms with Crippen LogP contribution in [0.25, 0.3) is 0 Å². The molecule has 0 saturated carbocycles. The van der Waals surface area contributed by atoms with Gasteiger partial charge in [-0.05, 0) is 68.8 Å². The SMILES string of the molecule is O=Cc1ccn(C(=O)N2CCC3(CCCN3Cc3ccc(C(F)(F)F)cc3N3CCCC3)CC2)n1. The normalized spacial score (nSPS) is 20.7. The zero-order chi connectivity index (χ0) is 24.6. The summed E-state index contributed by atoms with van der Waals surface area (Å²) in [6.07, 6.45) is 3.42. The first-order valence-electron chi connectivity index (χ1n) is 12.3. The molecule has 3 fully saturated rings. The number of nitrogens with zero attached hydrogens (tertiary/aromatic N) is 5. The third-order valence-corrected chi connectivity index (χ3v) is 7.85. The first-order chi connectivity index (χ1) is 16.8. The molecule has 0 unspecified atom stereocenters. The van der Waals surface area contributed by atoms with Crippen molar-refractivity contribution in [3.63, 3.8) is 0 Å². The van der Waals surface area contributed by atoms with E-state index in [1.165, 1.54) is 29.1 Å². The Morgan fingerprint density at radius 2 is 1.74 bits per heavy atom. The van der Waals surface area contributed by atoms with Crippen LogP contribution in [0.15, 0.2) is 30.5 Å². The van der Waals surface area contributed by atoms with Crippen LogP contribution in [-0.4, -0.2) is 70.2 Å². The molecule has 0 atom stereocenters. The number of carbonyl (C=O) groups is 2. The van der Waals surface area contributed by atoms with Crippen LogP contribution in [0.5, 0.6) is 0 Å². The van der Waals surface area contributed by atoms with Gasteiger partial charge in [-0.15, -0.1) is 0 Å². The van der Waals surface area contributed by atoms with E-state index < -0.39 is 11.7 Å². The number of piperidine rings is 1. The molecular formula is C25H30F3N5O2. The van der Waals surface area contributed by atoms with E-state index in [2.05, 4.69) is 14.9 Å². The molecule has 3 saturated heterocycles. The van der Waals surface area contributed by atoms with E-state index in [1.807, 2.05) is 0 Å². The zero-order valence-corrected chi connectivity index (χ0v) is 19.6. The molecule has 1 spiro atoms. The van der Waals surface area contributed by atoms with E-state index in [9.17, 15) is 22.8 Å². The number of alkyl halides is 3. The Kier molecular flexibility index (Phi) is 6.33. The number of hydrogen-bond donors (Lipinski definition) is 0. The molecule has 0 aliphatic carbocycles. The number of aldehydes is 1. The van der Waals surface area contributed by atoms with Crippen molar-refractivity contribution in [2.75, 3.05) is 37.6 Å². The summed E-state index contributed by atoms with van der Waals surface area (Å²) in [7, 11) is 0. The highest BCUT2D eigenvalue weighted by atomic mass is 19.4. The van der Waals surface area contributed by atoms with Gasteiger partial charge in [0.15, 0.2) is 6.29 Å². The smallest absolute Gasteiger partial charge is 0.371 e. The average Bonchev–Trinajstić information content (AvgIpc) is 3.61. The van der Waals surface area contributed by atoms with E-state index in [-0.39, 0.29) is 17.3 Å². The fourth-order valence-corrected chi connectivity index (χ4v) is 5.91. The molecule has 10 heteroatoms. The lowest BCUT2D eigenvalue weighted by Gasteiger charge is -2.45. The molecule has 35 heavy (non-hydrogen) atoms. The van der Waals surface area contributed by atoms with Gasteiger partial charge in [-0.3, -0.25) is 9.69 Å². The highest BCUT2D eigenvalue weighted by Gasteiger charge is 2.44. The molecule has 7 nitrogen and oxygen atoms in total. The van der Waals surface area contributed by atoms with Gasteiger partial charge in [0, 0.05) is 50.1 Å². The van der Waals surface area contributed by atoms with Crippen LogP contribution in [0.4, 0.5) is 23.7 Å². The Bertz CT molecular complexity index is 1090. The second-order valence-corrected chi connectivity index (χ2v) is 9.86. The van der Waals surface area contributed by atoms with Crippen molar-refractivity contribution < 1.29 is 22.8 Å². The van der Waals surface area contributed by atoms with Crippen LogP contribution >= 0.6 is 0 Å². The van der Waals surface area contributed by atoms with Crippen molar-refractivity contribution in [2.24, 2.45) is 0 Å². The summed E-state index contributed by atoms with van der Waals surface area (Å²) in [6, 6.07) is 5.45. The summed E-state index contributed by atoms with van der Waals surface area (Å²) in [5.74, 6) is 0. The van der Waals surface area contributed by atoms with Gasteiger partial charge >= 0.3 is 12.2 Å². The minimum Gasteiger partial charge on any atom is -0.371 e. The molecule has 1 amide bonds. The van der Waals surface area contributed by atoms with E-state index in [1.54, 1.807) is 11.0 Å². The van der Waals surface area contributed by atoms with Crippen LogP contribution < -0.4 is 4.90 Å². The predicted molar refractivity (Wildman–Crippen MR) is 124 cm³/mol. The first kappa shape index (κ1) is 23.8. The molecule has 0 bridgehead atoms. The summed E-state index contributed by atoms with van der Waals surface area (Å²) in [5, 5.41) is 4.00. The molecule has 3 aliphatic rings. The molecular weight excluding hydrogens is 459 g/mol. The standard InChI is InChI=1S/C25H30F3N5O2/c26-25(27,28)20-5-4-19(22(16-20)30-10-1-2-11-30)17-32-12-3-7-24(32)8-14-31(15-9-24)23(35)33-13-6-21(18-34)29-33/h4-6,13,16,18H,1-3,7-12,14-15,17H2. The van der Waals surface area contributed by atoms with Crippen molar-refractivity contribution in [1.29, 1.82) is 0 Å². The predicted octanol–water partition coefficient (Wildman–Crippen LogP) is 4.41. The number of anilines is 1. The Hall–Kier alpha value is -2.88. The summed E-state index contributed by atoms with van der Waals surface area (Å²) in [5.41, 5.74) is 1.22. The summed E-state index contributed by atoms with van der Waals surface area (Å²) in [6.45, 7) is 4.25. The van der Waals surface area contributed by atoms with Crippen molar-refractivity contribution in [1.82, 2.24) is 19.6 Å². The molecule has 3 aliphatic heterocycles. The molecule has 2 aromatic rings. The number of hydrogen-bond acceptors (Lipinski definition) is 5. The van der Waals surface area contributed by atoms with Gasteiger partial charge in [0.2, 0.25) is 0 Å². The van der Waals surface area contributed by atoms with Crippen LogP contribution in [-0.2, 0) is 12.7 Å². The highest BCUT2D eigenvalue weighted by Crippen LogP contribution is 2.41. The Balaban J connectivity index is 1.31. The van der Waals surface area contributed by atoms with Crippen LogP contribution in [0.2, 0.25) is 0 Å². The van der Waals surface area contributed by atoms with Gasteiger partial charge in [-0.25, -0.2) is 4.79 Å². The van der Waals surface area contributed by atoms with Gasteiger partial charge in [0.05, 0.1) is 5.56 Å². The second-order valence-electron chi connectivity index (χ2n) is 9.86. The number of benzene rings is 1. The number of rotatable bonds is 4. The number of likely N-dealkylation sites (tertiary alicyclic amines) is 2. The molecule has 0 radical (unpaired) electrons. The minimum atomic E-state index is -4.36. The van der Waals surface area contributed by atoms with Crippen molar-refractivity contribution in [2.45, 2.75) is 56.8 Å². The first-order valence-corrected chi connectivity index (χ1v) is 12.3. The molecule has 1 aromatic carbocycles. The maximum absolute atomic E-state index is 13.4. The maximum Gasteiger partial charge on any atom is 0.416 e. The third kappa shape index (κ3) is 4.68. The monoisotopic (exact) mass is 489 g/mol. The largest absolute Gasteiger partial charge is 0.416 e. The lowest BCUT2D eigenvalue weighted by molar-refractivity contribution is -0.137. The number of amides is 1. The molecule has 1 aromatic heterocycles. The average molecular weight is 490 g/mol. The summed E-state index contributed by atoms with van der Waals surface area (Å²) in [4.78, 5) is 30.0. The number of halogens is 3. The topological polar surface area (TPSA) is 61.7 Å². The van der Waals surface area contributed by atoms with Gasteiger partial charge in [-0.1, -0.05) is 6.07 Å². The summed E-state index contributed by atoms with van der Waals surface area (Å²) < 4.78 is 41.5. The fourth-order valence-electron chi connectivity index (χ4n) is 5.91. The lowest BCUT2D eigenvalue weighted by atomic mass is 9.84. The minimum absolute atomic E-state index is 0.0557. The van der Waals surface area contributed by atoms with Gasteiger partial charge < -0.3 is 9.80 Å². The summed E-state index contributed by atoms with van der Waals surface area (Å²) >= 11 is 0. The van der Waals surface area contributed by atoms with E-state index in [4.69, 9.17) is 0 Å². The van der Waals surface area contributed by atoms with Gasteiger partial charge in [-0.2, -0.15) is 23.0 Å². The van der Waals surface area contributed by atoms with Gasteiger partial charge in [0.25, 0.3) is 0 Å². The van der Waals surface area contributed by atoms with Gasteiger partial charge in [0.1, 0.15) is 5.69 Å². The Labute approximate surface area is 202 Å². The molecule has 4 heterocycles. The number of aromatic nitrogens is 2.